The van der Waals surface area contributed by atoms with Crippen LogP contribution < -0.4 is 10.1 Å². The lowest BCUT2D eigenvalue weighted by molar-refractivity contribution is -0.125. The van der Waals surface area contributed by atoms with Gasteiger partial charge >= 0.3 is 0 Å². The van der Waals surface area contributed by atoms with E-state index in [1.54, 1.807) is 0 Å². The van der Waals surface area contributed by atoms with E-state index in [4.69, 9.17) is 9.47 Å². The van der Waals surface area contributed by atoms with Gasteiger partial charge in [0.1, 0.15) is 12.4 Å². The van der Waals surface area contributed by atoms with Crippen LogP contribution in [0.4, 0.5) is 5.69 Å². The van der Waals surface area contributed by atoms with Gasteiger partial charge in [-0.2, -0.15) is 0 Å². The zero-order chi connectivity index (χ0) is 20.7. The van der Waals surface area contributed by atoms with Crippen LogP contribution in [0.3, 0.4) is 0 Å². The third kappa shape index (κ3) is 5.02. The Morgan fingerprint density at radius 2 is 1.67 bits per heavy atom. The number of nitrogens with zero attached hydrogens (tertiary/aromatic N) is 1. The molecule has 0 atom stereocenters. The molecule has 0 spiro atoms. The van der Waals surface area contributed by atoms with Crippen LogP contribution in [0.1, 0.15) is 37.7 Å². The quantitative estimate of drug-likeness (QED) is 0.745. The van der Waals surface area contributed by atoms with E-state index in [9.17, 15) is 4.79 Å². The molecule has 30 heavy (non-hydrogen) atoms. The molecule has 2 heterocycles. The molecule has 0 aromatic heterocycles. The number of amides is 1. The second kappa shape index (κ2) is 10.1. The molecule has 2 saturated heterocycles. The molecule has 0 aliphatic carbocycles. The molecule has 1 N–H and O–H groups in total. The van der Waals surface area contributed by atoms with Crippen LogP contribution in [0.25, 0.3) is 0 Å². The van der Waals surface area contributed by atoms with Gasteiger partial charge in [0, 0.05) is 25.4 Å². The molecule has 0 saturated carbocycles. The van der Waals surface area contributed by atoms with E-state index in [1.807, 2.05) is 54.6 Å². The first kappa shape index (κ1) is 20.9. The van der Waals surface area contributed by atoms with E-state index in [1.165, 1.54) is 32.4 Å². The number of hydrogen-bond donors (Lipinski definition) is 1. The Morgan fingerprint density at radius 3 is 2.37 bits per heavy atom. The smallest absolute Gasteiger partial charge is 0.235 e. The molecular weight excluding hydrogens is 376 g/mol. The van der Waals surface area contributed by atoms with Crippen molar-refractivity contribution in [3.8, 4) is 5.75 Å². The molecule has 0 radical (unpaired) electrons. The van der Waals surface area contributed by atoms with E-state index in [2.05, 4.69) is 10.2 Å². The number of hydrogen-bond acceptors (Lipinski definition) is 4. The molecule has 0 unspecified atom stereocenters. The van der Waals surface area contributed by atoms with Crippen LogP contribution in [0.2, 0.25) is 0 Å². The van der Waals surface area contributed by atoms with Gasteiger partial charge in [-0.1, -0.05) is 36.8 Å². The van der Waals surface area contributed by atoms with E-state index >= 15 is 0 Å². The predicted molar refractivity (Wildman–Crippen MR) is 119 cm³/mol. The summed E-state index contributed by atoms with van der Waals surface area (Å²) in [5.74, 6) is 0.879. The summed E-state index contributed by atoms with van der Waals surface area (Å²) in [5, 5.41) is 3.13. The zero-order valence-electron chi connectivity index (χ0n) is 17.6. The van der Waals surface area contributed by atoms with Gasteiger partial charge in [0.05, 0.1) is 5.41 Å². The molecule has 0 bridgehead atoms. The monoisotopic (exact) mass is 408 g/mol. The maximum atomic E-state index is 13.3. The molecular formula is C25H32N2O3. The Kier molecular flexibility index (Phi) is 7.03. The average molecular weight is 409 g/mol. The van der Waals surface area contributed by atoms with Crippen LogP contribution >= 0.6 is 0 Å². The Morgan fingerprint density at radius 1 is 0.967 bits per heavy atom. The summed E-state index contributed by atoms with van der Waals surface area (Å²) in [5.41, 5.74) is 1.32. The number of piperidine rings is 1. The highest BCUT2D eigenvalue weighted by molar-refractivity contribution is 5.99. The summed E-state index contributed by atoms with van der Waals surface area (Å²) in [6.07, 6.45) is 5.33. The zero-order valence-corrected chi connectivity index (χ0v) is 17.6. The van der Waals surface area contributed by atoms with Crippen molar-refractivity contribution in [3.05, 3.63) is 60.2 Å². The molecule has 1 amide bonds. The summed E-state index contributed by atoms with van der Waals surface area (Å²) in [6, 6.07) is 17.8. The number of benzene rings is 2. The van der Waals surface area contributed by atoms with Crippen LogP contribution in [0, 0.1) is 0 Å². The Bertz CT molecular complexity index is 795. The lowest BCUT2D eigenvalue weighted by Crippen LogP contribution is -2.44. The summed E-state index contributed by atoms with van der Waals surface area (Å²) in [4.78, 5) is 15.8. The third-order valence-corrected chi connectivity index (χ3v) is 6.34. The van der Waals surface area contributed by atoms with Crippen molar-refractivity contribution in [2.45, 2.75) is 37.5 Å². The van der Waals surface area contributed by atoms with Crippen molar-refractivity contribution >= 4 is 11.6 Å². The Labute approximate surface area is 179 Å². The Balaban J connectivity index is 1.35. The van der Waals surface area contributed by atoms with E-state index < -0.39 is 5.41 Å². The topological polar surface area (TPSA) is 50.8 Å². The maximum Gasteiger partial charge on any atom is 0.235 e. The van der Waals surface area contributed by atoms with Crippen molar-refractivity contribution in [1.82, 2.24) is 4.90 Å². The first-order valence-electron chi connectivity index (χ1n) is 11.2. The normalized spacial score (nSPS) is 19.2. The van der Waals surface area contributed by atoms with Crippen LogP contribution in [0.5, 0.6) is 5.75 Å². The second-order valence-electron chi connectivity index (χ2n) is 8.29. The predicted octanol–water partition coefficient (Wildman–Crippen LogP) is 4.24. The van der Waals surface area contributed by atoms with Gasteiger partial charge < -0.3 is 14.8 Å². The van der Waals surface area contributed by atoms with Crippen molar-refractivity contribution in [2.24, 2.45) is 0 Å². The largest absolute Gasteiger partial charge is 0.492 e. The van der Waals surface area contributed by atoms with Gasteiger partial charge in [-0.15, -0.1) is 0 Å². The molecule has 2 aromatic rings. The van der Waals surface area contributed by atoms with Crippen LogP contribution in [-0.2, 0) is 14.9 Å². The minimum absolute atomic E-state index is 0.0377. The van der Waals surface area contributed by atoms with Crippen molar-refractivity contribution in [2.75, 3.05) is 44.8 Å². The minimum Gasteiger partial charge on any atom is -0.492 e. The fraction of sp³-hybridized carbons (Fsp3) is 0.480. The van der Waals surface area contributed by atoms with Crippen molar-refractivity contribution in [3.63, 3.8) is 0 Å². The first-order valence-corrected chi connectivity index (χ1v) is 11.2. The molecule has 160 valence electrons. The number of rotatable bonds is 7. The van der Waals surface area contributed by atoms with E-state index in [-0.39, 0.29) is 5.91 Å². The highest BCUT2D eigenvalue weighted by Crippen LogP contribution is 2.36. The highest BCUT2D eigenvalue weighted by atomic mass is 16.5. The average Bonchev–Trinajstić information content (AvgIpc) is 2.82. The van der Waals surface area contributed by atoms with E-state index in [0.717, 1.165) is 23.5 Å². The molecule has 4 rings (SSSR count). The minimum atomic E-state index is -0.539. The molecule has 2 aliphatic heterocycles. The number of carbonyl (C=O) groups is 1. The summed E-state index contributed by atoms with van der Waals surface area (Å²) >= 11 is 0. The van der Waals surface area contributed by atoms with Crippen LogP contribution in [0.15, 0.2) is 54.6 Å². The third-order valence-electron chi connectivity index (χ3n) is 6.34. The summed E-state index contributed by atoms with van der Waals surface area (Å²) < 4.78 is 11.4. The number of ether oxygens (including phenoxy) is 2. The van der Waals surface area contributed by atoms with Gasteiger partial charge in [-0.05, 0) is 68.6 Å². The summed E-state index contributed by atoms with van der Waals surface area (Å²) in [7, 11) is 0. The fourth-order valence-corrected chi connectivity index (χ4v) is 4.48. The second-order valence-corrected chi connectivity index (χ2v) is 8.29. The number of nitrogens with one attached hydrogen (secondary N) is 1. The molecule has 2 aliphatic rings. The SMILES string of the molecule is O=C(Nc1ccc(OCCN2CCCCC2)cc1)C1(c2ccccc2)CCOCC1. The fourth-order valence-electron chi connectivity index (χ4n) is 4.48. The first-order chi connectivity index (χ1) is 14.8. The van der Waals surface area contributed by atoms with Gasteiger partial charge in [0.15, 0.2) is 0 Å². The highest BCUT2D eigenvalue weighted by Gasteiger charge is 2.41. The molecule has 5 nitrogen and oxygen atoms in total. The van der Waals surface area contributed by atoms with Crippen LogP contribution in [-0.4, -0.2) is 50.3 Å². The number of carbonyl (C=O) groups excluding carboxylic acids is 1. The van der Waals surface area contributed by atoms with Crippen molar-refractivity contribution in [1.29, 1.82) is 0 Å². The lowest BCUT2D eigenvalue weighted by Gasteiger charge is -2.36. The lowest BCUT2D eigenvalue weighted by atomic mass is 9.73. The molecule has 2 fully saturated rings. The van der Waals surface area contributed by atoms with Gasteiger partial charge in [-0.3, -0.25) is 9.69 Å². The standard InChI is InChI=1S/C25H32N2O3/c28-24(25(13-18-29-19-14-25)21-7-3-1-4-8-21)26-22-9-11-23(12-10-22)30-20-17-27-15-5-2-6-16-27/h1,3-4,7-12H,2,5-6,13-20H2,(H,26,28). The van der Waals surface area contributed by atoms with Gasteiger partial charge in [0.2, 0.25) is 5.91 Å². The number of anilines is 1. The molecule has 2 aromatic carbocycles. The Hall–Kier alpha value is -2.37. The number of likely N-dealkylation sites (tertiary alicyclic amines) is 1. The van der Waals surface area contributed by atoms with Crippen molar-refractivity contribution < 1.29 is 14.3 Å². The molecule has 5 heteroatoms. The maximum absolute atomic E-state index is 13.3. The van der Waals surface area contributed by atoms with Gasteiger partial charge in [0.25, 0.3) is 0 Å². The summed E-state index contributed by atoms with van der Waals surface area (Å²) in [6.45, 7) is 5.24. The van der Waals surface area contributed by atoms with E-state index in [0.29, 0.717) is 32.7 Å². The van der Waals surface area contributed by atoms with Gasteiger partial charge in [-0.25, -0.2) is 0 Å².